The van der Waals surface area contributed by atoms with E-state index in [0.717, 1.165) is 11.1 Å². The van der Waals surface area contributed by atoms with Crippen LogP contribution in [-0.2, 0) is 6.61 Å². The van der Waals surface area contributed by atoms with Gasteiger partial charge in [0.1, 0.15) is 12.4 Å². The Morgan fingerprint density at radius 1 is 1.22 bits per heavy atom. The van der Waals surface area contributed by atoms with Gasteiger partial charge in [-0.25, -0.2) is 0 Å². The van der Waals surface area contributed by atoms with Crippen LogP contribution >= 0.6 is 11.6 Å². The average molecular weight is 258 g/mol. The lowest BCUT2D eigenvalue weighted by molar-refractivity contribution is 0.306. The number of benzene rings is 2. The quantitative estimate of drug-likeness (QED) is 0.829. The lowest BCUT2D eigenvalue weighted by Gasteiger charge is -2.08. The molecule has 0 N–H and O–H groups in total. The zero-order valence-electron chi connectivity index (χ0n) is 9.98. The second kappa shape index (κ2) is 5.57. The Balaban J connectivity index is 2.09. The van der Waals surface area contributed by atoms with Crippen LogP contribution in [0.2, 0.25) is 5.02 Å². The molecule has 0 fully saturated rings. The van der Waals surface area contributed by atoms with E-state index in [1.807, 2.05) is 31.2 Å². The fourth-order valence-electron chi connectivity index (χ4n) is 1.59. The van der Waals surface area contributed by atoms with E-state index in [4.69, 9.17) is 21.6 Å². The van der Waals surface area contributed by atoms with Gasteiger partial charge in [0, 0.05) is 10.6 Å². The summed E-state index contributed by atoms with van der Waals surface area (Å²) in [6.07, 6.45) is 0. The molecule has 0 aromatic heterocycles. The fraction of sp³-hybridized carbons (Fsp3) is 0.133. The zero-order chi connectivity index (χ0) is 13.0. The Hall–Kier alpha value is -1.98. The normalized spacial score (nSPS) is 9.83. The number of rotatable bonds is 3. The molecule has 0 saturated heterocycles. The second-order valence-electron chi connectivity index (χ2n) is 4.02. The molecule has 0 radical (unpaired) electrons. The largest absolute Gasteiger partial charge is 0.489 e. The minimum Gasteiger partial charge on any atom is -0.489 e. The van der Waals surface area contributed by atoms with Crippen molar-refractivity contribution in [3.05, 3.63) is 64.2 Å². The van der Waals surface area contributed by atoms with E-state index in [2.05, 4.69) is 6.07 Å². The van der Waals surface area contributed by atoms with Gasteiger partial charge in [0.05, 0.1) is 11.6 Å². The maximum atomic E-state index is 8.80. The molecule has 90 valence electrons. The van der Waals surface area contributed by atoms with Gasteiger partial charge in [-0.2, -0.15) is 5.26 Å². The van der Waals surface area contributed by atoms with Gasteiger partial charge in [0.25, 0.3) is 0 Å². The maximum absolute atomic E-state index is 8.80. The van der Waals surface area contributed by atoms with Crippen LogP contribution in [0.25, 0.3) is 0 Å². The third kappa shape index (κ3) is 3.03. The van der Waals surface area contributed by atoms with E-state index in [9.17, 15) is 0 Å². The van der Waals surface area contributed by atoms with Crippen molar-refractivity contribution in [3.63, 3.8) is 0 Å². The number of hydrogen-bond donors (Lipinski definition) is 0. The van der Waals surface area contributed by atoms with Gasteiger partial charge in [-0.3, -0.25) is 0 Å². The van der Waals surface area contributed by atoms with Gasteiger partial charge in [0.15, 0.2) is 0 Å². The standard InChI is InChI=1S/C15H12ClNO/c1-11-5-6-13(15(16)7-11)10-18-14-4-2-3-12(8-14)9-17/h2-8H,10H2,1H3. The molecule has 0 aliphatic carbocycles. The smallest absolute Gasteiger partial charge is 0.121 e. The Morgan fingerprint density at radius 2 is 2.06 bits per heavy atom. The van der Waals surface area contributed by atoms with Crippen LogP contribution in [0.4, 0.5) is 0 Å². The van der Waals surface area contributed by atoms with Gasteiger partial charge in [-0.1, -0.05) is 29.8 Å². The number of nitriles is 1. The van der Waals surface area contributed by atoms with Gasteiger partial charge in [-0.05, 0) is 36.8 Å². The Kier molecular flexibility index (Phi) is 3.86. The first-order valence-corrected chi connectivity index (χ1v) is 5.95. The summed E-state index contributed by atoms with van der Waals surface area (Å²) < 4.78 is 5.62. The lowest BCUT2D eigenvalue weighted by atomic mass is 10.1. The van der Waals surface area contributed by atoms with Crippen molar-refractivity contribution < 1.29 is 4.74 Å². The summed E-state index contributed by atoms with van der Waals surface area (Å²) in [4.78, 5) is 0. The van der Waals surface area contributed by atoms with E-state index in [-0.39, 0.29) is 0 Å². The molecular formula is C15H12ClNO. The summed E-state index contributed by atoms with van der Waals surface area (Å²) in [5.74, 6) is 0.672. The summed E-state index contributed by atoms with van der Waals surface area (Å²) in [6, 6.07) is 15.0. The number of nitrogens with zero attached hydrogens (tertiary/aromatic N) is 1. The van der Waals surface area contributed by atoms with Crippen molar-refractivity contribution in [2.45, 2.75) is 13.5 Å². The molecule has 0 spiro atoms. The molecule has 0 atom stereocenters. The molecule has 3 heteroatoms. The first-order valence-electron chi connectivity index (χ1n) is 5.57. The molecule has 2 nitrogen and oxygen atoms in total. The van der Waals surface area contributed by atoms with E-state index in [0.29, 0.717) is 22.9 Å². The zero-order valence-corrected chi connectivity index (χ0v) is 10.7. The molecule has 18 heavy (non-hydrogen) atoms. The molecule has 0 aliphatic rings. The van der Waals surface area contributed by atoms with Crippen molar-refractivity contribution >= 4 is 11.6 Å². The topological polar surface area (TPSA) is 33.0 Å². The Morgan fingerprint density at radius 3 is 2.78 bits per heavy atom. The highest BCUT2D eigenvalue weighted by atomic mass is 35.5. The van der Waals surface area contributed by atoms with Gasteiger partial charge >= 0.3 is 0 Å². The number of halogens is 1. The molecule has 0 bridgehead atoms. The van der Waals surface area contributed by atoms with Gasteiger partial charge in [0.2, 0.25) is 0 Å². The highest BCUT2D eigenvalue weighted by Gasteiger charge is 2.02. The highest BCUT2D eigenvalue weighted by molar-refractivity contribution is 6.31. The van der Waals surface area contributed by atoms with Crippen LogP contribution < -0.4 is 4.74 Å². The fourth-order valence-corrected chi connectivity index (χ4v) is 1.88. The second-order valence-corrected chi connectivity index (χ2v) is 4.43. The van der Waals surface area contributed by atoms with Crippen LogP contribution in [0.1, 0.15) is 16.7 Å². The molecule has 2 rings (SSSR count). The molecule has 0 aliphatic heterocycles. The van der Waals surface area contributed by atoms with Crippen LogP contribution in [0.15, 0.2) is 42.5 Å². The molecule has 0 unspecified atom stereocenters. The Bertz CT molecular complexity index is 602. The number of ether oxygens (including phenoxy) is 1. The monoisotopic (exact) mass is 257 g/mol. The Labute approximate surface area is 111 Å². The third-order valence-corrected chi connectivity index (χ3v) is 2.92. The molecule has 0 amide bonds. The summed E-state index contributed by atoms with van der Waals surface area (Å²) in [6.45, 7) is 2.39. The first kappa shape index (κ1) is 12.5. The SMILES string of the molecule is Cc1ccc(COc2cccc(C#N)c2)c(Cl)c1. The van der Waals surface area contributed by atoms with Crippen molar-refractivity contribution in [1.82, 2.24) is 0 Å². The van der Waals surface area contributed by atoms with E-state index >= 15 is 0 Å². The van der Waals surface area contributed by atoms with E-state index < -0.39 is 0 Å². The van der Waals surface area contributed by atoms with Crippen molar-refractivity contribution in [2.75, 3.05) is 0 Å². The molecule has 0 saturated carbocycles. The van der Waals surface area contributed by atoms with Crippen LogP contribution in [0.3, 0.4) is 0 Å². The summed E-state index contributed by atoms with van der Waals surface area (Å²) in [5.41, 5.74) is 2.64. The predicted octanol–water partition coefficient (Wildman–Crippen LogP) is 4.10. The minimum atomic E-state index is 0.397. The van der Waals surface area contributed by atoms with Crippen molar-refractivity contribution in [3.8, 4) is 11.8 Å². The minimum absolute atomic E-state index is 0.397. The average Bonchev–Trinajstić information content (AvgIpc) is 2.38. The number of hydrogen-bond acceptors (Lipinski definition) is 2. The highest BCUT2D eigenvalue weighted by Crippen LogP contribution is 2.20. The summed E-state index contributed by atoms with van der Waals surface area (Å²) >= 11 is 6.12. The molecule has 2 aromatic carbocycles. The van der Waals surface area contributed by atoms with Gasteiger partial charge in [-0.15, -0.1) is 0 Å². The van der Waals surface area contributed by atoms with Crippen LogP contribution in [0, 0.1) is 18.3 Å². The molecule has 2 aromatic rings. The summed E-state index contributed by atoms with van der Waals surface area (Å²) in [7, 11) is 0. The maximum Gasteiger partial charge on any atom is 0.121 e. The van der Waals surface area contributed by atoms with Crippen LogP contribution in [0.5, 0.6) is 5.75 Å². The third-order valence-electron chi connectivity index (χ3n) is 2.57. The molecule has 0 heterocycles. The predicted molar refractivity (Wildman–Crippen MR) is 71.7 cm³/mol. The van der Waals surface area contributed by atoms with Gasteiger partial charge < -0.3 is 4.74 Å². The van der Waals surface area contributed by atoms with Crippen molar-refractivity contribution in [2.24, 2.45) is 0 Å². The van der Waals surface area contributed by atoms with Crippen molar-refractivity contribution in [1.29, 1.82) is 5.26 Å². The lowest BCUT2D eigenvalue weighted by Crippen LogP contribution is -1.96. The van der Waals surface area contributed by atoms with Crippen LogP contribution in [-0.4, -0.2) is 0 Å². The summed E-state index contributed by atoms with van der Waals surface area (Å²) in [5, 5.41) is 9.50. The van der Waals surface area contributed by atoms with E-state index in [1.54, 1.807) is 18.2 Å². The molecular weight excluding hydrogens is 246 g/mol. The van der Waals surface area contributed by atoms with E-state index in [1.165, 1.54) is 0 Å². The number of aryl methyl sites for hydroxylation is 1. The first-order chi connectivity index (χ1) is 8.69.